The molecule has 4 aliphatic carbocycles. The van der Waals surface area contributed by atoms with E-state index in [4.69, 9.17) is 23.2 Å². The summed E-state index contributed by atoms with van der Waals surface area (Å²) in [5.41, 5.74) is 5.77. The summed E-state index contributed by atoms with van der Waals surface area (Å²) in [6, 6.07) is 30.7. The lowest BCUT2D eigenvalue weighted by Gasteiger charge is -2.46. The Kier molecular flexibility index (Phi) is 10.8. The van der Waals surface area contributed by atoms with Crippen molar-refractivity contribution in [1.82, 2.24) is 0 Å². The summed E-state index contributed by atoms with van der Waals surface area (Å²) in [7, 11) is 0. The van der Waals surface area contributed by atoms with Gasteiger partial charge in [-0.25, -0.2) is 0 Å². The van der Waals surface area contributed by atoms with Crippen molar-refractivity contribution < 1.29 is 19.2 Å². The molecule has 2 atom stereocenters. The van der Waals surface area contributed by atoms with Gasteiger partial charge in [-0.05, 0) is 117 Å². The maximum Gasteiger partial charge on any atom is 0.190 e. The third-order valence-corrected chi connectivity index (χ3v) is 13.5. The molecule has 0 aromatic heterocycles. The average Bonchev–Trinajstić information content (AvgIpc) is 3.19. The highest BCUT2D eigenvalue weighted by atomic mass is 35.5. The molecule has 4 aromatic rings. The van der Waals surface area contributed by atoms with E-state index in [9.17, 15) is 19.2 Å². The molecule has 0 radical (unpaired) electrons. The highest BCUT2D eigenvalue weighted by molar-refractivity contribution is 6.31. The Bertz CT molecular complexity index is 2080. The molecule has 53 heavy (non-hydrogen) atoms. The highest BCUT2D eigenvalue weighted by Gasteiger charge is 2.53. The van der Waals surface area contributed by atoms with Crippen molar-refractivity contribution in [3.05, 3.63) is 152 Å². The molecule has 6 heteroatoms. The van der Waals surface area contributed by atoms with Crippen molar-refractivity contribution in [3.63, 3.8) is 0 Å². The third kappa shape index (κ3) is 7.01. The third-order valence-electron chi connectivity index (χ3n) is 13.0. The van der Waals surface area contributed by atoms with Crippen LogP contribution in [0.15, 0.2) is 108 Å². The molecular weight excluding hydrogens is 699 g/mol. The lowest BCUT2D eigenvalue weighted by molar-refractivity contribution is 0.0365. The van der Waals surface area contributed by atoms with Gasteiger partial charge in [0.15, 0.2) is 23.1 Å². The first-order chi connectivity index (χ1) is 25.5. The number of fused-ring (bicyclic) bond motifs is 2. The lowest BCUT2D eigenvalue weighted by Crippen LogP contribution is -2.49. The van der Waals surface area contributed by atoms with E-state index in [-0.39, 0.29) is 40.9 Å². The standard InChI is InChI=1S/C24H25ClO2.C23H21ClO2/c1-15-22(26)20-5-3-4-6-21(20)23(27)24(15,2)18-11-7-16(8-12-18)17-9-13-19(25)14-10-17;1-14-21(23(26)20-5-3-2-4-19(20)22(14)25)17-8-6-15(7-9-17)16-10-12-18(24)13-11-16/h3-6,9-10,13-16,18H,7-8,11-12H2,1-2H3;2-5,10-13,15,17H,6-9H2,1H3. The van der Waals surface area contributed by atoms with Crippen LogP contribution < -0.4 is 0 Å². The maximum atomic E-state index is 13.4. The van der Waals surface area contributed by atoms with Gasteiger partial charge < -0.3 is 0 Å². The molecule has 0 heterocycles. The first-order valence-electron chi connectivity index (χ1n) is 19.1. The SMILES string of the molecule is CC1=C(C2CCC(c3ccc(Cl)cc3)CC2)C(=O)c2ccccc2C1=O.CC1C(=O)c2ccccc2C(=O)C1(C)C1CCC(c2ccc(Cl)cc2)CC1. The largest absolute Gasteiger partial charge is 0.294 e. The van der Waals surface area contributed by atoms with Crippen LogP contribution in [0.1, 0.15) is 137 Å². The van der Waals surface area contributed by atoms with Gasteiger partial charge in [-0.1, -0.05) is 110 Å². The minimum Gasteiger partial charge on any atom is -0.294 e. The second-order valence-corrected chi connectivity index (χ2v) is 16.6. The van der Waals surface area contributed by atoms with E-state index in [2.05, 4.69) is 24.3 Å². The molecule has 2 fully saturated rings. The molecule has 0 N–H and O–H groups in total. The minimum atomic E-state index is -0.601. The number of hydrogen-bond acceptors (Lipinski definition) is 4. The van der Waals surface area contributed by atoms with Crippen molar-refractivity contribution in [2.75, 3.05) is 0 Å². The summed E-state index contributed by atoms with van der Waals surface area (Å²) in [6.07, 6.45) is 8.03. The summed E-state index contributed by atoms with van der Waals surface area (Å²) in [6.45, 7) is 5.79. The Balaban J connectivity index is 0.000000164. The number of carbonyl (C=O) groups excluding carboxylic acids is 4. The van der Waals surface area contributed by atoms with Crippen LogP contribution in [0.4, 0.5) is 0 Å². The van der Waals surface area contributed by atoms with Crippen LogP contribution >= 0.6 is 23.2 Å². The van der Waals surface area contributed by atoms with E-state index < -0.39 is 5.41 Å². The predicted octanol–water partition coefficient (Wildman–Crippen LogP) is 12.3. The van der Waals surface area contributed by atoms with E-state index in [1.807, 2.05) is 75.4 Å². The van der Waals surface area contributed by atoms with Gasteiger partial charge in [0.05, 0.1) is 0 Å². The van der Waals surface area contributed by atoms with Gasteiger partial charge in [0, 0.05) is 54.8 Å². The van der Waals surface area contributed by atoms with Crippen LogP contribution in [0.25, 0.3) is 0 Å². The van der Waals surface area contributed by atoms with Crippen LogP contribution in [0.5, 0.6) is 0 Å². The van der Waals surface area contributed by atoms with E-state index >= 15 is 0 Å². The van der Waals surface area contributed by atoms with Gasteiger partial charge >= 0.3 is 0 Å². The molecule has 4 nitrogen and oxygen atoms in total. The lowest BCUT2D eigenvalue weighted by atomic mass is 9.55. The first-order valence-corrected chi connectivity index (χ1v) is 19.8. The molecule has 0 spiro atoms. The number of allylic oxidation sites excluding steroid dienone is 2. The zero-order valence-electron chi connectivity index (χ0n) is 30.7. The zero-order valence-corrected chi connectivity index (χ0v) is 32.2. The van der Waals surface area contributed by atoms with E-state index in [1.165, 1.54) is 11.1 Å². The summed E-state index contributed by atoms with van der Waals surface area (Å²) < 4.78 is 0. The number of rotatable bonds is 4. The smallest absolute Gasteiger partial charge is 0.190 e. The van der Waals surface area contributed by atoms with Gasteiger partial charge in [-0.3, -0.25) is 19.2 Å². The van der Waals surface area contributed by atoms with Crippen LogP contribution in [-0.2, 0) is 0 Å². The number of Topliss-reactive ketones (excluding diaryl/α,β-unsaturated/α-hetero) is 4. The Morgan fingerprint density at radius 3 is 1.45 bits per heavy atom. The van der Waals surface area contributed by atoms with Crippen molar-refractivity contribution in [1.29, 1.82) is 0 Å². The van der Waals surface area contributed by atoms with Gasteiger partial charge in [0.2, 0.25) is 0 Å². The van der Waals surface area contributed by atoms with E-state index in [0.717, 1.165) is 67.0 Å². The molecule has 2 unspecified atom stereocenters. The van der Waals surface area contributed by atoms with Crippen LogP contribution in [-0.4, -0.2) is 23.1 Å². The normalized spacial score (nSPS) is 27.1. The molecule has 0 amide bonds. The molecule has 0 bridgehead atoms. The summed E-state index contributed by atoms with van der Waals surface area (Å²) >= 11 is 12.0. The van der Waals surface area contributed by atoms with Gasteiger partial charge in [0.25, 0.3) is 0 Å². The molecule has 4 aliphatic rings. The molecule has 8 rings (SSSR count). The second-order valence-electron chi connectivity index (χ2n) is 15.7. The van der Waals surface area contributed by atoms with Crippen LogP contribution in [0.3, 0.4) is 0 Å². The van der Waals surface area contributed by atoms with E-state index in [1.54, 1.807) is 18.2 Å². The molecule has 4 aromatic carbocycles. The fourth-order valence-corrected chi connectivity index (χ4v) is 9.90. The molecule has 272 valence electrons. The Morgan fingerprint density at radius 1 is 0.528 bits per heavy atom. The number of hydrogen-bond donors (Lipinski definition) is 0. The summed E-state index contributed by atoms with van der Waals surface area (Å²) in [4.78, 5) is 52.1. The van der Waals surface area contributed by atoms with Crippen LogP contribution in [0.2, 0.25) is 10.0 Å². The first kappa shape index (κ1) is 37.2. The highest BCUT2D eigenvalue weighted by Crippen LogP contribution is 2.52. The number of ketones is 4. The summed E-state index contributed by atoms with van der Waals surface area (Å²) in [5, 5.41) is 1.52. The Labute approximate surface area is 323 Å². The van der Waals surface area contributed by atoms with Gasteiger partial charge in [-0.2, -0.15) is 0 Å². The van der Waals surface area contributed by atoms with E-state index in [0.29, 0.717) is 39.7 Å². The fourth-order valence-electron chi connectivity index (χ4n) is 9.65. The molecule has 0 saturated heterocycles. The molecule has 0 aliphatic heterocycles. The van der Waals surface area contributed by atoms with Gasteiger partial charge in [0.1, 0.15) is 0 Å². The average molecular weight is 746 g/mol. The number of halogens is 2. The maximum absolute atomic E-state index is 13.4. The molecular formula is C47H46Cl2O4. The van der Waals surface area contributed by atoms with Crippen molar-refractivity contribution in [2.45, 2.75) is 84.0 Å². The Hall–Kier alpha value is -4.12. The minimum absolute atomic E-state index is 0.00928. The predicted molar refractivity (Wildman–Crippen MR) is 212 cm³/mol. The Morgan fingerprint density at radius 2 is 0.943 bits per heavy atom. The van der Waals surface area contributed by atoms with Crippen molar-refractivity contribution in [2.24, 2.45) is 23.2 Å². The fraction of sp³-hybridized carbons (Fsp3) is 0.362. The van der Waals surface area contributed by atoms with Crippen molar-refractivity contribution >= 4 is 46.3 Å². The zero-order chi connectivity index (χ0) is 37.4. The monoisotopic (exact) mass is 744 g/mol. The van der Waals surface area contributed by atoms with Gasteiger partial charge in [-0.15, -0.1) is 0 Å². The topological polar surface area (TPSA) is 68.3 Å². The summed E-state index contributed by atoms with van der Waals surface area (Å²) in [5.74, 6) is 1.52. The molecule has 2 saturated carbocycles. The number of benzene rings is 4. The second kappa shape index (κ2) is 15.3. The number of carbonyl (C=O) groups is 4. The van der Waals surface area contributed by atoms with Crippen molar-refractivity contribution in [3.8, 4) is 0 Å². The quantitative estimate of drug-likeness (QED) is 0.209. The van der Waals surface area contributed by atoms with Crippen LogP contribution in [0, 0.1) is 23.2 Å².